The molecule has 1 heterocycles. The van der Waals surface area contributed by atoms with Crippen molar-refractivity contribution in [3.05, 3.63) is 34.9 Å². The quantitative estimate of drug-likeness (QED) is 0.578. The standard InChI is InChI=1S/C21H34ClNO2Si/c1-15(25-26(8,9)20(5,6)7)21-13-12-17(22)11-10-16(21)14-23(18(21)24)19(2,3)4/h10-13,15H,14H2,1-9H3. The van der Waals surface area contributed by atoms with E-state index in [1.54, 1.807) is 0 Å². The maximum atomic E-state index is 13.6. The van der Waals surface area contributed by atoms with E-state index in [9.17, 15) is 4.79 Å². The van der Waals surface area contributed by atoms with Gasteiger partial charge in [-0.2, -0.15) is 0 Å². The lowest BCUT2D eigenvalue weighted by Gasteiger charge is -2.43. The number of amides is 1. The van der Waals surface area contributed by atoms with Crippen molar-refractivity contribution < 1.29 is 9.22 Å². The van der Waals surface area contributed by atoms with Crippen molar-refractivity contribution in [2.45, 2.75) is 78.2 Å². The highest BCUT2D eigenvalue weighted by molar-refractivity contribution is 6.74. The molecule has 2 aliphatic rings. The first-order chi connectivity index (χ1) is 11.6. The van der Waals surface area contributed by atoms with Crippen LogP contribution in [0.2, 0.25) is 18.1 Å². The Labute approximate surface area is 165 Å². The van der Waals surface area contributed by atoms with Crippen molar-refractivity contribution in [2.75, 3.05) is 6.54 Å². The van der Waals surface area contributed by atoms with Gasteiger partial charge in [0.25, 0.3) is 0 Å². The van der Waals surface area contributed by atoms with Gasteiger partial charge in [-0.15, -0.1) is 0 Å². The minimum atomic E-state index is -2.03. The van der Waals surface area contributed by atoms with E-state index in [0.29, 0.717) is 11.6 Å². The third kappa shape index (κ3) is 3.60. The van der Waals surface area contributed by atoms with Crippen molar-refractivity contribution in [2.24, 2.45) is 5.41 Å². The highest BCUT2D eigenvalue weighted by Crippen LogP contribution is 2.49. The van der Waals surface area contributed by atoms with Crippen molar-refractivity contribution in [1.29, 1.82) is 0 Å². The third-order valence-corrected chi connectivity index (χ3v) is 10.9. The number of fused-ring (bicyclic) bond motifs is 1. The molecule has 26 heavy (non-hydrogen) atoms. The summed E-state index contributed by atoms with van der Waals surface area (Å²) in [6, 6.07) is 0. The van der Waals surface area contributed by atoms with Crippen LogP contribution in [-0.4, -0.2) is 37.3 Å². The number of hydrogen-bond acceptors (Lipinski definition) is 2. The number of nitrogens with zero attached hydrogens (tertiary/aromatic N) is 1. The molecule has 1 fully saturated rings. The maximum Gasteiger partial charge on any atom is 0.240 e. The summed E-state index contributed by atoms with van der Waals surface area (Å²) in [5, 5.41) is 0.721. The number of halogens is 1. The van der Waals surface area contributed by atoms with E-state index < -0.39 is 13.7 Å². The van der Waals surface area contributed by atoms with Crippen molar-refractivity contribution >= 4 is 25.8 Å². The van der Waals surface area contributed by atoms with Gasteiger partial charge < -0.3 is 9.33 Å². The summed E-state index contributed by atoms with van der Waals surface area (Å²) in [6.45, 7) is 20.0. The second kappa shape index (κ2) is 6.64. The van der Waals surface area contributed by atoms with Crippen molar-refractivity contribution in [3.63, 3.8) is 0 Å². The average molecular weight is 396 g/mol. The van der Waals surface area contributed by atoms with Crippen LogP contribution < -0.4 is 0 Å². The molecule has 3 nitrogen and oxygen atoms in total. The predicted octanol–water partition coefficient (Wildman–Crippen LogP) is 5.64. The number of likely N-dealkylation sites (tertiary alicyclic amines) is 1. The van der Waals surface area contributed by atoms with E-state index in [2.05, 4.69) is 54.6 Å². The molecule has 0 N–H and O–H groups in total. The Morgan fingerprint density at radius 3 is 2.27 bits per heavy atom. The molecule has 0 aromatic rings. The molecule has 2 atom stereocenters. The van der Waals surface area contributed by atoms with Crippen LogP contribution in [-0.2, 0) is 9.22 Å². The van der Waals surface area contributed by atoms with E-state index in [4.69, 9.17) is 16.0 Å². The number of allylic oxidation sites excluding steroid dienone is 4. The average Bonchev–Trinajstić information content (AvgIpc) is 2.63. The monoisotopic (exact) mass is 395 g/mol. The predicted molar refractivity (Wildman–Crippen MR) is 113 cm³/mol. The Balaban J connectivity index is 2.53. The van der Waals surface area contributed by atoms with Crippen molar-refractivity contribution in [3.8, 4) is 0 Å². The van der Waals surface area contributed by atoms with E-state index in [1.165, 1.54) is 0 Å². The summed E-state index contributed by atoms with van der Waals surface area (Å²) in [7, 11) is -2.03. The SMILES string of the molecule is CC(O[Si](C)(C)C(C)(C)C)C12C=CC(Cl)=CC=C1CN(C(C)(C)C)C2=O. The molecule has 0 bridgehead atoms. The zero-order valence-electron chi connectivity index (χ0n) is 17.7. The molecule has 0 aromatic heterocycles. The minimum Gasteiger partial charge on any atom is -0.412 e. The lowest BCUT2D eigenvalue weighted by molar-refractivity contribution is -0.140. The Kier molecular flexibility index (Phi) is 5.48. The van der Waals surface area contributed by atoms with Crippen LogP contribution in [0.25, 0.3) is 0 Å². The number of hydrogen-bond donors (Lipinski definition) is 0. The fourth-order valence-electron chi connectivity index (χ4n) is 3.37. The molecule has 1 amide bonds. The second-order valence-corrected chi connectivity index (χ2v) is 15.2. The topological polar surface area (TPSA) is 29.5 Å². The zero-order chi connectivity index (χ0) is 20.1. The van der Waals surface area contributed by atoms with Crippen LogP contribution in [0.4, 0.5) is 0 Å². The van der Waals surface area contributed by atoms with Gasteiger partial charge in [0.15, 0.2) is 8.32 Å². The Morgan fingerprint density at radius 2 is 1.77 bits per heavy atom. The van der Waals surface area contributed by atoms with Crippen LogP contribution in [0.3, 0.4) is 0 Å². The van der Waals surface area contributed by atoms with Crippen LogP contribution in [0.15, 0.2) is 34.9 Å². The Bertz CT molecular complexity index is 679. The second-order valence-electron chi connectivity index (χ2n) is 10.0. The lowest BCUT2D eigenvalue weighted by Crippen LogP contribution is -2.52. The Hall–Kier alpha value is -0.843. The third-order valence-electron chi connectivity index (χ3n) is 6.14. The van der Waals surface area contributed by atoms with Gasteiger partial charge >= 0.3 is 0 Å². The summed E-state index contributed by atoms with van der Waals surface area (Å²) in [6.07, 6.45) is 7.46. The highest BCUT2D eigenvalue weighted by Gasteiger charge is 2.56. The molecule has 146 valence electrons. The molecule has 0 spiro atoms. The summed E-state index contributed by atoms with van der Waals surface area (Å²) >= 11 is 6.25. The first-order valence-corrected chi connectivity index (χ1v) is 12.7. The van der Waals surface area contributed by atoms with Gasteiger partial charge in [0.2, 0.25) is 5.91 Å². The molecule has 2 unspecified atom stereocenters. The van der Waals surface area contributed by atoms with Gasteiger partial charge in [0, 0.05) is 17.1 Å². The molecular formula is C21H34ClNO2Si. The van der Waals surface area contributed by atoms with Crippen molar-refractivity contribution in [1.82, 2.24) is 4.90 Å². The maximum absolute atomic E-state index is 13.6. The van der Waals surface area contributed by atoms with Crippen LogP contribution in [0.5, 0.6) is 0 Å². The molecule has 0 saturated carbocycles. The van der Waals surface area contributed by atoms with Gasteiger partial charge in [-0.1, -0.05) is 44.5 Å². The molecule has 1 aliphatic heterocycles. The highest BCUT2D eigenvalue weighted by atomic mass is 35.5. The fraction of sp³-hybridized carbons (Fsp3) is 0.667. The fourth-order valence-corrected chi connectivity index (χ4v) is 4.92. The summed E-state index contributed by atoms with van der Waals surface area (Å²) in [5.74, 6) is 0.110. The lowest BCUT2D eigenvalue weighted by atomic mass is 9.77. The van der Waals surface area contributed by atoms with Gasteiger partial charge in [0.05, 0.1) is 6.10 Å². The number of carbonyl (C=O) groups excluding carboxylic acids is 1. The molecule has 1 aliphatic carbocycles. The zero-order valence-corrected chi connectivity index (χ0v) is 19.5. The Morgan fingerprint density at radius 1 is 1.19 bits per heavy atom. The van der Waals surface area contributed by atoms with E-state index in [-0.39, 0.29) is 22.6 Å². The first-order valence-electron chi connectivity index (χ1n) is 9.39. The van der Waals surface area contributed by atoms with E-state index in [0.717, 1.165) is 5.57 Å². The molecule has 1 saturated heterocycles. The number of rotatable bonds is 3. The number of carbonyl (C=O) groups is 1. The summed E-state index contributed by atoms with van der Waals surface area (Å²) in [5.41, 5.74) is 0.0426. The molecule has 0 aromatic carbocycles. The minimum absolute atomic E-state index is 0.0808. The van der Waals surface area contributed by atoms with Crippen LogP contribution >= 0.6 is 11.6 Å². The van der Waals surface area contributed by atoms with Gasteiger partial charge in [-0.3, -0.25) is 4.79 Å². The smallest absolute Gasteiger partial charge is 0.240 e. The van der Waals surface area contributed by atoms with E-state index >= 15 is 0 Å². The van der Waals surface area contributed by atoms with Gasteiger partial charge in [-0.05, 0) is 63.6 Å². The summed E-state index contributed by atoms with van der Waals surface area (Å²) < 4.78 is 6.70. The van der Waals surface area contributed by atoms with Crippen LogP contribution in [0.1, 0.15) is 48.5 Å². The van der Waals surface area contributed by atoms with Gasteiger partial charge in [0.1, 0.15) is 5.41 Å². The molecule has 0 radical (unpaired) electrons. The molecule has 2 rings (SSSR count). The largest absolute Gasteiger partial charge is 0.412 e. The summed E-state index contributed by atoms with van der Waals surface area (Å²) in [4.78, 5) is 15.6. The first kappa shape index (κ1) is 21.5. The normalized spacial score (nSPS) is 25.6. The van der Waals surface area contributed by atoms with Crippen LogP contribution in [0, 0.1) is 5.41 Å². The van der Waals surface area contributed by atoms with E-state index in [1.807, 2.05) is 36.1 Å². The van der Waals surface area contributed by atoms with Gasteiger partial charge in [-0.25, -0.2) is 0 Å². The molecule has 5 heteroatoms. The molecular weight excluding hydrogens is 362 g/mol.